The summed E-state index contributed by atoms with van der Waals surface area (Å²) in [5.41, 5.74) is 1.10. The van der Waals surface area contributed by atoms with Gasteiger partial charge in [0.1, 0.15) is 5.75 Å². The number of nitrogens with zero attached hydrogens (tertiary/aromatic N) is 1. The number of hydrogen-bond acceptors (Lipinski definition) is 3. The van der Waals surface area contributed by atoms with Gasteiger partial charge in [0, 0.05) is 25.6 Å². The number of carbonyl (C=O) groups is 1. The maximum absolute atomic E-state index is 11.8. The Morgan fingerprint density at radius 3 is 2.50 bits per heavy atom. The van der Waals surface area contributed by atoms with Gasteiger partial charge in [0.15, 0.2) is 5.96 Å². The molecule has 1 atom stereocenters. The van der Waals surface area contributed by atoms with Crippen LogP contribution in [-0.2, 0) is 11.3 Å². The molecule has 0 spiro atoms. The third-order valence-corrected chi connectivity index (χ3v) is 3.59. The van der Waals surface area contributed by atoms with Crippen LogP contribution in [-0.4, -0.2) is 38.1 Å². The summed E-state index contributed by atoms with van der Waals surface area (Å²) >= 11 is 0. The van der Waals surface area contributed by atoms with Gasteiger partial charge in [-0.1, -0.05) is 19.1 Å². The first-order chi connectivity index (χ1) is 11.6. The average molecular weight is 334 g/mol. The molecule has 1 aromatic carbocycles. The standard InChI is InChI=1S/C18H30N4O2/c1-5-14(3)22-17(23)11-12-20-18(19-6-2)21-13-15-7-9-16(24-4)10-8-15/h7-10,14H,5-6,11-13H2,1-4H3,(H,22,23)(H2,19,20,21). The second-order valence-corrected chi connectivity index (χ2v) is 5.60. The molecule has 3 N–H and O–H groups in total. The van der Waals surface area contributed by atoms with Gasteiger partial charge in [0.05, 0.1) is 13.7 Å². The molecule has 1 unspecified atom stereocenters. The summed E-state index contributed by atoms with van der Waals surface area (Å²) in [4.78, 5) is 16.3. The summed E-state index contributed by atoms with van der Waals surface area (Å²) < 4.78 is 5.15. The summed E-state index contributed by atoms with van der Waals surface area (Å²) in [5, 5.41) is 9.33. The van der Waals surface area contributed by atoms with Crippen LogP contribution in [0.5, 0.6) is 5.75 Å². The normalized spacial score (nSPS) is 12.4. The fraction of sp³-hybridized carbons (Fsp3) is 0.556. The minimum absolute atomic E-state index is 0.0582. The molecular weight excluding hydrogens is 304 g/mol. The van der Waals surface area contributed by atoms with Gasteiger partial charge in [-0.25, -0.2) is 4.99 Å². The maximum Gasteiger partial charge on any atom is 0.221 e. The number of methoxy groups -OCH3 is 1. The second kappa shape index (κ2) is 11.3. The van der Waals surface area contributed by atoms with Crippen LogP contribution < -0.4 is 20.7 Å². The molecule has 0 aliphatic rings. The Hall–Kier alpha value is -2.24. The van der Waals surface area contributed by atoms with Crippen molar-refractivity contribution < 1.29 is 9.53 Å². The van der Waals surface area contributed by atoms with Crippen molar-refractivity contribution in [2.24, 2.45) is 4.99 Å². The van der Waals surface area contributed by atoms with Crippen molar-refractivity contribution in [3.63, 3.8) is 0 Å². The number of nitrogens with one attached hydrogen (secondary N) is 3. The number of carbonyl (C=O) groups excluding carboxylic acids is 1. The molecule has 6 heteroatoms. The van der Waals surface area contributed by atoms with E-state index in [1.165, 1.54) is 0 Å². The molecule has 0 aliphatic carbocycles. The Morgan fingerprint density at radius 1 is 1.21 bits per heavy atom. The topological polar surface area (TPSA) is 74.8 Å². The number of ether oxygens (including phenoxy) is 1. The molecule has 6 nitrogen and oxygen atoms in total. The first-order valence-corrected chi connectivity index (χ1v) is 8.53. The third-order valence-electron chi connectivity index (χ3n) is 3.59. The van der Waals surface area contributed by atoms with Gasteiger partial charge in [-0.3, -0.25) is 4.79 Å². The predicted octanol–water partition coefficient (Wildman–Crippen LogP) is 2.06. The molecular formula is C18H30N4O2. The maximum atomic E-state index is 11.8. The van der Waals surface area contributed by atoms with E-state index in [2.05, 4.69) is 27.9 Å². The smallest absolute Gasteiger partial charge is 0.221 e. The molecule has 1 rings (SSSR count). The minimum Gasteiger partial charge on any atom is -0.497 e. The highest BCUT2D eigenvalue weighted by Gasteiger charge is 2.05. The van der Waals surface area contributed by atoms with E-state index in [0.717, 1.165) is 24.3 Å². The van der Waals surface area contributed by atoms with Crippen LogP contribution in [0.3, 0.4) is 0 Å². The van der Waals surface area contributed by atoms with Gasteiger partial charge in [-0.15, -0.1) is 0 Å². The van der Waals surface area contributed by atoms with E-state index >= 15 is 0 Å². The molecule has 24 heavy (non-hydrogen) atoms. The minimum atomic E-state index is 0.0582. The van der Waals surface area contributed by atoms with E-state index < -0.39 is 0 Å². The van der Waals surface area contributed by atoms with Crippen molar-refractivity contribution in [1.29, 1.82) is 0 Å². The van der Waals surface area contributed by atoms with Gasteiger partial charge in [0.25, 0.3) is 0 Å². The van der Waals surface area contributed by atoms with Crippen LogP contribution >= 0.6 is 0 Å². The largest absolute Gasteiger partial charge is 0.497 e. The van der Waals surface area contributed by atoms with E-state index in [1.807, 2.05) is 38.1 Å². The average Bonchev–Trinajstić information content (AvgIpc) is 2.59. The Labute approximate surface area is 145 Å². The van der Waals surface area contributed by atoms with Crippen molar-refractivity contribution in [3.8, 4) is 5.75 Å². The zero-order valence-electron chi connectivity index (χ0n) is 15.2. The number of benzene rings is 1. The summed E-state index contributed by atoms with van der Waals surface area (Å²) in [7, 11) is 1.65. The summed E-state index contributed by atoms with van der Waals surface area (Å²) in [5.74, 6) is 1.60. The third kappa shape index (κ3) is 7.85. The van der Waals surface area contributed by atoms with E-state index in [-0.39, 0.29) is 11.9 Å². The number of hydrogen-bond donors (Lipinski definition) is 3. The monoisotopic (exact) mass is 334 g/mol. The van der Waals surface area contributed by atoms with E-state index in [0.29, 0.717) is 25.5 Å². The van der Waals surface area contributed by atoms with Crippen LogP contribution in [0.2, 0.25) is 0 Å². The van der Waals surface area contributed by atoms with Crippen molar-refractivity contribution >= 4 is 11.9 Å². The lowest BCUT2D eigenvalue weighted by molar-refractivity contribution is -0.121. The SMILES string of the molecule is CCNC(=NCc1ccc(OC)cc1)NCCC(=O)NC(C)CC. The van der Waals surface area contributed by atoms with Gasteiger partial charge < -0.3 is 20.7 Å². The number of aliphatic imine (C=N–C) groups is 1. The van der Waals surface area contributed by atoms with Crippen LogP contribution in [0.15, 0.2) is 29.3 Å². The van der Waals surface area contributed by atoms with Crippen LogP contribution in [0.1, 0.15) is 39.2 Å². The first kappa shape index (κ1) is 19.8. The Morgan fingerprint density at radius 2 is 1.92 bits per heavy atom. The molecule has 1 amide bonds. The van der Waals surface area contributed by atoms with Gasteiger partial charge in [0.2, 0.25) is 5.91 Å². The predicted molar refractivity (Wildman–Crippen MR) is 98.3 cm³/mol. The second-order valence-electron chi connectivity index (χ2n) is 5.60. The number of rotatable bonds is 9. The highest BCUT2D eigenvalue weighted by Crippen LogP contribution is 2.11. The van der Waals surface area contributed by atoms with Gasteiger partial charge in [-0.2, -0.15) is 0 Å². The number of guanidine groups is 1. The van der Waals surface area contributed by atoms with Crippen LogP contribution in [0, 0.1) is 0 Å². The van der Waals surface area contributed by atoms with Crippen molar-refractivity contribution in [3.05, 3.63) is 29.8 Å². The van der Waals surface area contributed by atoms with E-state index in [4.69, 9.17) is 4.74 Å². The highest BCUT2D eigenvalue weighted by atomic mass is 16.5. The van der Waals surface area contributed by atoms with Crippen molar-refractivity contribution in [2.45, 2.75) is 46.2 Å². The zero-order chi connectivity index (χ0) is 17.8. The van der Waals surface area contributed by atoms with Crippen LogP contribution in [0.25, 0.3) is 0 Å². The van der Waals surface area contributed by atoms with E-state index in [1.54, 1.807) is 7.11 Å². The molecule has 0 saturated heterocycles. The Bertz CT molecular complexity index is 514. The van der Waals surface area contributed by atoms with Crippen molar-refractivity contribution in [1.82, 2.24) is 16.0 Å². The fourth-order valence-electron chi connectivity index (χ4n) is 1.99. The molecule has 0 bridgehead atoms. The molecule has 134 valence electrons. The molecule has 0 radical (unpaired) electrons. The first-order valence-electron chi connectivity index (χ1n) is 8.53. The molecule has 1 aromatic rings. The quantitative estimate of drug-likeness (QED) is 0.477. The van der Waals surface area contributed by atoms with Gasteiger partial charge >= 0.3 is 0 Å². The van der Waals surface area contributed by atoms with E-state index in [9.17, 15) is 4.79 Å². The number of amides is 1. The molecule has 0 fully saturated rings. The lowest BCUT2D eigenvalue weighted by atomic mass is 10.2. The molecule has 0 aliphatic heterocycles. The fourth-order valence-corrected chi connectivity index (χ4v) is 1.99. The lowest BCUT2D eigenvalue weighted by Gasteiger charge is -2.13. The molecule has 0 saturated carbocycles. The highest BCUT2D eigenvalue weighted by molar-refractivity contribution is 5.81. The van der Waals surface area contributed by atoms with Crippen molar-refractivity contribution in [2.75, 3.05) is 20.2 Å². The Balaban J connectivity index is 2.45. The summed E-state index contributed by atoms with van der Waals surface area (Å²) in [6.07, 6.45) is 1.36. The lowest BCUT2D eigenvalue weighted by Crippen LogP contribution is -2.40. The summed E-state index contributed by atoms with van der Waals surface area (Å²) in [6, 6.07) is 8.04. The summed E-state index contributed by atoms with van der Waals surface area (Å²) in [6.45, 7) is 7.97. The van der Waals surface area contributed by atoms with Gasteiger partial charge in [-0.05, 0) is 38.0 Å². The Kier molecular flexibility index (Phi) is 9.34. The molecule has 0 aromatic heterocycles. The molecule has 0 heterocycles. The zero-order valence-corrected chi connectivity index (χ0v) is 15.2. The van der Waals surface area contributed by atoms with Crippen LogP contribution in [0.4, 0.5) is 0 Å².